The Morgan fingerprint density at radius 3 is 2.32 bits per heavy atom. The van der Waals surface area contributed by atoms with E-state index < -0.39 is 0 Å². The highest BCUT2D eigenvalue weighted by molar-refractivity contribution is 5.68. The van der Waals surface area contributed by atoms with Crippen LogP contribution in [0, 0.1) is 13.8 Å². The molecule has 0 radical (unpaired) electrons. The fourth-order valence-corrected chi connectivity index (χ4v) is 2.48. The first-order valence-electron chi connectivity index (χ1n) is 7.01. The molecule has 0 saturated heterocycles. The van der Waals surface area contributed by atoms with Gasteiger partial charge in [0.1, 0.15) is 0 Å². The van der Waals surface area contributed by atoms with Crippen molar-refractivity contribution in [1.29, 1.82) is 0 Å². The zero-order chi connectivity index (χ0) is 13.8. The fourth-order valence-electron chi connectivity index (χ4n) is 2.48. The highest BCUT2D eigenvalue weighted by Gasteiger charge is 2.12. The van der Waals surface area contributed by atoms with Crippen molar-refractivity contribution in [3.05, 3.63) is 41.2 Å². The predicted molar refractivity (Wildman–Crippen MR) is 80.2 cm³/mol. The van der Waals surface area contributed by atoms with E-state index >= 15 is 0 Å². The SMILES string of the molecule is CCNCc1ccc(-c2c(C)nn(CC)c2C)cc1. The quantitative estimate of drug-likeness (QED) is 0.890. The third kappa shape index (κ3) is 2.87. The van der Waals surface area contributed by atoms with Crippen LogP contribution in [0.5, 0.6) is 0 Å². The van der Waals surface area contributed by atoms with Gasteiger partial charge in [0.15, 0.2) is 0 Å². The molecule has 2 rings (SSSR count). The van der Waals surface area contributed by atoms with Crippen LogP contribution in [0.2, 0.25) is 0 Å². The number of benzene rings is 1. The van der Waals surface area contributed by atoms with Gasteiger partial charge in [-0.25, -0.2) is 0 Å². The summed E-state index contributed by atoms with van der Waals surface area (Å²) in [5.74, 6) is 0. The highest BCUT2D eigenvalue weighted by Crippen LogP contribution is 2.27. The average molecular weight is 257 g/mol. The van der Waals surface area contributed by atoms with Crippen molar-refractivity contribution in [3.63, 3.8) is 0 Å². The number of rotatable bonds is 5. The van der Waals surface area contributed by atoms with E-state index in [2.05, 4.69) is 67.1 Å². The zero-order valence-electron chi connectivity index (χ0n) is 12.3. The number of aromatic nitrogens is 2. The standard InChI is InChI=1S/C16H23N3/c1-5-17-11-14-7-9-15(10-8-14)16-12(3)18-19(6-2)13(16)4/h7-10,17H,5-6,11H2,1-4H3. The zero-order valence-corrected chi connectivity index (χ0v) is 12.3. The van der Waals surface area contributed by atoms with E-state index in [1.807, 2.05) is 0 Å². The van der Waals surface area contributed by atoms with Crippen molar-refractivity contribution in [3.8, 4) is 11.1 Å². The monoisotopic (exact) mass is 257 g/mol. The number of aryl methyl sites for hydroxylation is 2. The molecule has 2 aromatic rings. The van der Waals surface area contributed by atoms with Crippen LogP contribution in [0.25, 0.3) is 11.1 Å². The first-order chi connectivity index (χ1) is 9.17. The molecule has 1 heterocycles. The van der Waals surface area contributed by atoms with E-state index in [0.717, 1.165) is 25.3 Å². The summed E-state index contributed by atoms with van der Waals surface area (Å²) in [5, 5.41) is 7.92. The highest BCUT2D eigenvalue weighted by atomic mass is 15.3. The Bertz CT molecular complexity index is 538. The molecule has 0 atom stereocenters. The first-order valence-corrected chi connectivity index (χ1v) is 7.01. The Morgan fingerprint density at radius 2 is 1.79 bits per heavy atom. The van der Waals surface area contributed by atoms with Gasteiger partial charge in [-0.2, -0.15) is 5.10 Å². The minimum absolute atomic E-state index is 0.922. The maximum atomic E-state index is 4.58. The molecule has 3 nitrogen and oxygen atoms in total. The fraction of sp³-hybridized carbons (Fsp3) is 0.438. The molecule has 0 spiro atoms. The third-order valence-corrected chi connectivity index (χ3v) is 3.50. The molecule has 0 unspecified atom stereocenters. The van der Waals surface area contributed by atoms with Gasteiger partial charge in [-0.05, 0) is 38.4 Å². The average Bonchev–Trinajstić information content (AvgIpc) is 2.72. The van der Waals surface area contributed by atoms with Gasteiger partial charge in [0.05, 0.1) is 5.69 Å². The van der Waals surface area contributed by atoms with Gasteiger partial charge >= 0.3 is 0 Å². The maximum Gasteiger partial charge on any atom is 0.0674 e. The second-order valence-corrected chi connectivity index (χ2v) is 4.84. The van der Waals surface area contributed by atoms with Gasteiger partial charge in [-0.3, -0.25) is 4.68 Å². The molecular formula is C16H23N3. The van der Waals surface area contributed by atoms with Gasteiger partial charge in [0, 0.05) is 24.3 Å². The van der Waals surface area contributed by atoms with E-state index in [0.29, 0.717) is 0 Å². The van der Waals surface area contributed by atoms with E-state index in [1.165, 1.54) is 22.4 Å². The number of hydrogen-bond acceptors (Lipinski definition) is 2. The van der Waals surface area contributed by atoms with Gasteiger partial charge in [-0.15, -0.1) is 0 Å². The van der Waals surface area contributed by atoms with Gasteiger partial charge < -0.3 is 5.32 Å². The summed E-state index contributed by atoms with van der Waals surface area (Å²) in [5.41, 5.74) is 6.22. The van der Waals surface area contributed by atoms with Crippen LogP contribution in [0.4, 0.5) is 0 Å². The lowest BCUT2D eigenvalue weighted by molar-refractivity contribution is 0.634. The number of hydrogen-bond donors (Lipinski definition) is 1. The Morgan fingerprint density at radius 1 is 1.11 bits per heavy atom. The van der Waals surface area contributed by atoms with E-state index in [9.17, 15) is 0 Å². The van der Waals surface area contributed by atoms with Gasteiger partial charge in [0.25, 0.3) is 0 Å². The van der Waals surface area contributed by atoms with Crippen LogP contribution < -0.4 is 5.32 Å². The van der Waals surface area contributed by atoms with E-state index in [1.54, 1.807) is 0 Å². The molecule has 1 N–H and O–H groups in total. The molecule has 0 saturated carbocycles. The molecule has 19 heavy (non-hydrogen) atoms. The summed E-state index contributed by atoms with van der Waals surface area (Å²) in [6, 6.07) is 8.79. The minimum atomic E-state index is 0.922. The van der Waals surface area contributed by atoms with E-state index in [4.69, 9.17) is 0 Å². The van der Waals surface area contributed by atoms with Crippen molar-refractivity contribution in [2.75, 3.05) is 6.54 Å². The largest absolute Gasteiger partial charge is 0.313 e. The number of nitrogens with zero attached hydrogens (tertiary/aromatic N) is 2. The molecule has 0 amide bonds. The normalized spacial score (nSPS) is 10.9. The molecule has 1 aromatic carbocycles. The molecular weight excluding hydrogens is 234 g/mol. The van der Waals surface area contributed by atoms with Crippen molar-refractivity contribution in [1.82, 2.24) is 15.1 Å². The van der Waals surface area contributed by atoms with Gasteiger partial charge in [-0.1, -0.05) is 31.2 Å². The van der Waals surface area contributed by atoms with Gasteiger partial charge in [0.2, 0.25) is 0 Å². The molecule has 1 aromatic heterocycles. The maximum absolute atomic E-state index is 4.58. The second kappa shape index (κ2) is 6.02. The van der Waals surface area contributed by atoms with Crippen LogP contribution in [0.15, 0.2) is 24.3 Å². The van der Waals surface area contributed by atoms with Crippen LogP contribution in [0.3, 0.4) is 0 Å². The summed E-state index contributed by atoms with van der Waals surface area (Å²) in [6.45, 7) is 11.3. The summed E-state index contributed by atoms with van der Waals surface area (Å²) < 4.78 is 2.07. The predicted octanol–water partition coefficient (Wildman–Crippen LogP) is 3.30. The van der Waals surface area contributed by atoms with Crippen LogP contribution in [0.1, 0.15) is 30.8 Å². The lowest BCUT2D eigenvalue weighted by Gasteiger charge is -2.06. The van der Waals surface area contributed by atoms with Crippen LogP contribution >= 0.6 is 0 Å². The van der Waals surface area contributed by atoms with Crippen LogP contribution in [-0.2, 0) is 13.1 Å². The molecule has 0 aliphatic carbocycles. The Kier molecular flexibility index (Phi) is 4.38. The molecule has 3 heteroatoms. The van der Waals surface area contributed by atoms with Crippen molar-refractivity contribution in [2.24, 2.45) is 0 Å². The molecule has 0 aliphatic rings. The Labute approximate surface area is 115 Å². The van der Waals surface area contributed by atoms with E-state index in [-0.39, 0.29) is 0 Å². The second-order valence-electron chi connectivity index (χ2n) is 4.84. The Balaban J connectivity index is 2.29. The third-order valence-electron chi connectivity index (χ3n) is 3.50. The molecule has 0 bridgehead atoms. The number of nitrogens with one attached hydrogen (secondary N) is 1. The van der Waals surface area contributed by atoms with Crippen molar-refractivity contribution in [2.45, 2.75) is 40.8 Å². The summed E-state index contributed by atoms with van der Waals surface area (Å²) in [7, 11) is 0. The Hall–Kier alpha value is -1.61. The summed E-state index contributed by atoms with van der Waals surface area (Å²) >= 11 is 0. The van der Waals surface area contributed by atoms with Crippen molar-refractivity contribution >= 4 is 0 Å². The lowest BCUT2D eigenvalue weighted by atomic mass is 10.0. The van der Waals surface area contributed by atoms with Crippen molar-refractivity contribution < 1.29 is 0 Å². The summed E-state index contributed by atoms with van der Waals surface area (Å²) in [4.78, 5) is 0. The molecule has 102 valence electrons. The lowest BCUT2D eigenvalue weighted by Crippen LogP contribution is -2.11. The molecule has 0 aliphatic heterocycles. The topological polar surface area (TPSA) is 29.9 Å². The minimum Gasteiger partial charge on any atom is -0.313 e. The smallest absolute Gasteiger partial charge is 0.0674 e. The summed E-state index contributed by atoms with van der Waals surface area (Å²) in [6.07, 6.45) is 0. The first kappa shape index (κ1) is 13.8. The van der Waals surface area contributed by atoms with Crippen LogP contribution in [-0.4, -0.2) is 16.3 Å². The molecule has 0 fully saturated rings.